The maximum atomic E-state index is 13.5. The lowest BCUT2D eigenvalue weighted by Gasteiger charge is -2.61. The summed E-state index contributed by atoms with van der Waals surface area (Å²) in [6, 6.07) is 8.48. The van der Waals surface area contributed by atoms with Gasteiger partial charge in [0.15, 0.2) is 0 Å². The quantitative estimate of drug-likeness (QED) is 0.799. The van der Waals surface area contributed by atoms with E-state index in [9.17, 15) is 9.59 Å². The van der Waals surface area contributed by atoms with Gasteiger partial charge in [-0.25, -0.2) is 0 Å². The number of carbonyl (C=O) groups is 2. The second kappa shape index (κ2) is 6.85. The van der Waals surface area contributed by atoms with Gasteiger partial charge in [0.1, 0.15) is 6.04 Å². The standard InChI is InChI=1S/C25H36N2O2/c1-16-6-8-20(9-7-16)24-11-18-10-19(12-24)14-25(13-18,15-24)22(29)26-17(2)21(28)27-23(3,4)5/h6-9,17-19H,10-15H2,1-5H3,(H,26,29)(H,27,28). The fraction of sp³-hybridized carbons (Fsp3) is 0.680. The molecule has 3 unspecified atom stereocenters. The number of aryl methyl sites for hydroxylation is 1. The fourth-order valence-corrected chi connectivity index (χ4v) is 6.67. The first kappa shape index (κ1) is 20.4. The molecule has 4 heteroatoms. The van der Waals surface area contributed by atoms with Crippen LogP contribution in [0.2, 0.25) is 0 Å². The normalized spacial score (nSPS) is 34.0. The number of benzene rings is 1. The van der Waals surface area contributed by atoms with Crippen LogP contribution in [0.3, 0.4) is 0 Å². The summed E-state index contributed by atoms with van der Waals surface area (Å²) >= 11 is 0. The number of nitrogens with one attached hydrogen (secondary N) is 2. The second-order valence-corrected chi connectivity index (χ2v) is 11.3. The van der Waals surface area contributed by atoms with Crippen LogP contribution in [0.4, 0.5) is 0 Å². The molecule has 4 saturated carbocycles. The minimum absolute atomic E-state index is 0.0969. The number of carbonyl (C=O) groups excluding carboxylic acids is 2. The zero-order valence-corrected chi connectivity index (χ0v) is 18.6. The van der Waals surface area contributed by atoms with Gasteiger partial charge < -0.3 is 10.6 Å². The van der Waals surface area contributed by atoms with Gasteiger partial charge in [0.05, 0.1) is 5.41 Å². The van der Waals surface area contributed by atoms with Crippen LogP contribution >= 0.6 is 0 Å². The molecule has 4 aliphatic carbocycles. The molecule has 4 nitrogen and oxygen atoms in total. The first-order chi connectivity index (χ1) is 13.5. The van der Waals surface area contributed by atoms with Crippen LogP contribution < -0.4 is 10.6 Å². The minimum atomic E-state index is -0.509. The Morgan fingerprint density at radius 1 is 1.03 bits per heavy atom. The van der Waals surface area contributed by atoms with E-state index in [1.54, 1.807) is 6.92 Å². The number of rotatable bonds is 4. The van der Waals surface area contributed by atoms with E-state index in [1.165, 1.54) is 30.4 Å². The smallest absolute Gasteiger partial charge is 0.242 e. The molecule has 4 bridgehead atoms. The molecule has 1 aromatic carbocycles. The molecular weight excluding hydrogens is 360 g/mol. The summed E-state index contributed by atoms with van der Waals surface area (Å²) in [6.45, 7) is 9.81. The maximum Gasteiger partial charge on any atom is 0.242 e. The average molecular weight is 397 g/mol. The lowest BCUT2D eigenvalue weighted by molar-refractivity contribution is -0.151. The number of amides is 2. The predicted molar refractivity (Wildman–Crippen MR) is 115 cm³/mol. The van der Waals surface area contributed by atoms with Gasteiger partial charge >= 0.3 is 0 Å². The van der Waals surface area contributed by atoms with E-state index < -0.39 is 6.04 Å². The zero-order valence-electron chi connectivity index (χ0n) is 18.6. The summed E-state index contributed by atoms with van der Waals surface area (Å²) < 4.78 is 0. The fourth-order valence-electron chi connectivity index (χ4n) is 6.67. The van der Waals surface area contributed by atoms with Crippen molar-refractivity contribution in [1.29, 1.82) is 0 Å². The highest BCUT2D eigenvalue weighted by molar-refractivity contribution is 5.90. The van der Waals surface area contributed by atoms with E-state index >= 15 is 0 Å². The van der Waals surface area contributed by atoms with Gasteiger partial charge in [0.2, 0.25) is 11.8 Å². The van der Waals surface area contributed by atoms with Crippen molar-refractivity contribution in [2.75, 3.05) is 0 Å². The van der Waals surface area contributed by atoms with Crippen LogP contribution in [0.25, 0.3) is 0 Å². The average Bonchev–Trinajstić information content (AvgIpc) is 2.59. The third-order valence-corrected chi connectivity index (χ3v) is 7.45. The Balaban J connectivity index is 1.55. The Bertz CT molecular complexity index is 791. The Labute approximate surface area is 175 Å². The molecule has 2 N–H and O–H groups in total. The summed E-state index contributed by atoms with van der Waals surface area (Å²) in [4.78, 5) is 26.0. The molecule has 0 aromatic heterocycles. The predicted octanol–water partition coefficient (Wildman–Crippen LogP) is 4.25. The van der Waals surface area contributed by atoms with E-state index in [4.69, 9.17) is 0 Å². The summed E-state index contributed by atoms with van der Waals surface area (Å²) in [5, 5.41) is 6.07. The van der Waals surface area contributed by atoms with Crippen LogP contribution in [-0.2, 0) is 15.0 Å². The molecule has 0 aliphatic heterocycles. The van der Waals surface area contributed by atoms with Crippen molar-refractivity contribution in [3.63, 3.8) is 0 Å². The largest absolute Gasteiger partial charge is 0.350 e. The molecule has 1 aromatic rings. The lowest BCUT2D eigenvalue weighted by atomic mass is 9.42. The zero-order chi connectivity index (χ0) is 21.0. The topological polar surface area (TPSA) is 58.2 Å². The third-order valence-electron chi connectivity index (χ3n) is 7.45. The monoisotopic (exact) mass is 396 g/mol. The maximum absolute atomic E-state index is 13.5. The molecule has 158 valence electrons. The van der Waals surface area contributed by atoms with Crippen LogP contribution in [0.5, 0.6) is 0 Å². The second-order valence-electron chi connectivity index (χ2n) is 11.3. The number of hydrogen-bond donors (Lipinski definition) is 2. The molecule has 5 rings (SSSR count). The van der Waals surface area contributed by atoms with Gasteiger partial charge in [0.25, 0.3) is 0 Å². The summed E-state index contributed by atoms with van der Waals surface area (Å²) in [7, 11) is 0. The Kier molecular flexibility index (Phi) is 4.83. The molecule has 2 amide bonds. The van der Waals surface area contributed by atoms with Gasteiger partial charge in [0, 0.05) is 5.54 Å². The molecule has 0 spiro atoms. The van der Waals surface area contributed by atoms with Crippen LogP contribution in [-0.4, -0.2) is 23.4 Å². The Morgan fingerprint density at radius 3 is 2.17 bits per heavy atom. The Morgan fingerprint density at radius 2 is 1.62 bits per heavy atom. The highest BCUT2D eigenvalue weighted by Gasteiger charge is 2.61. The van der Waals surface area contributed by atoms with E-state index in [2.05, 4.69) is 41.8 Å². The van der Waals surface area contributed by atoms with Gasteiger partial charge in [-0.1, -0.05) is 29.8 Å². The summed E-state index contributed by atoms with van der Waals surface area (Å²) in [5.41, 5.74) is 2.21. The molecule has 4 fully saturated rings. The van der Waals surface area contributed by atoms with Gasteiger partial charge in [-0.15, -0.1) is 0 Å². The van der Waals surface area contributed by atoms with Crippen molar-refractivity contribution < 1.29 is 9.59 Å². The lowest BCUT2D eigenvalue weighted by Crippen LogP contribution is -2.61. The van der Waals surface area contributed by atoms with Crippen molar-refractivity contribution >= 4 is 11.8 Å². The van der Waals surface area contributed by atoms with E-state index in [0.29, 0.717) is 11.8 Å². The summed E-state index contributed by atoms with van der Waals surface area (Å²) in [6.07, 6.45) is 6.58. The van der Waals surface area contributed by atoms with Gasteiger partial charge in [-0.3, -0.25) is 9.59 Å². The molecule has 3 atom stereocenters. The van der Waals surface area contributed by atoms with Crippen molar-refractivity contribution in [3.8, 4) is 0 Å². The highest BCUT2D eigenvalue weighted by atomic mass is 16.2. The van der Waals surface area contributed by atoms with E-state index in [1.807, 2.05) is 20.8 Å². The minimum Gasteiger partial charge on any atom is -0.350 e. The van der Waals surface area contributed by atoms with E-state index in [-0.39, 0.29) is 28.2 Å². The van der Waals surface area contributed by atoms with Crippen LogP contribution in [0.15, 0.2) is 24.3 Å². The van der Waals surface area contributed by atoms with Crippen LogP contribution in [0.1, 0.15) is 77.3 Å². The highest BCUT2D eigenvalue weighted by Crippen LogP contribution is 2.65. The van der Waals surface area contributed by atoms with Gasteiger partial charge in [-0.05, 0) is 96.0 Å². The first-order valence-electron chi connectivity index (χ1n) is 11.2. The van der Waals surface area contributed by atoms with Crippen molar-refractivity contribution in [2.45, 2.75) is 90.1 Å². The van der Waals surface area contributed by atoms with Gasteiger partial charge in [-0.2, -0.15) is 0 Å². The SMILES string of the molecule is Cc1ccc(C23CC4CC(CC(C(=O)NC(C)C(=O)NC(C)(C)C)(C4)C2)C3)cc1. The first-order valence-corrected chi connectivity index (χ1v) is 11.2. The van der Waals surface area contributed by atoms with E-state index in [0.717, 1.165) is 19.3 Å². The summed E-state index contributed by atoms with van der Waals surface area (Å²) in [5.74, 6) is 1.24. The van der Waals surface area contributed by atoms with Crippen molar-refractivity contribution in [1.82, 2.24) is 10.6 Å². The molecule has 0 radical (unpaired) electrons. The molecular formula is C25H36N2O2. The molecule has 29 heavy (non-hydrogen) atoms. The van der Waals surface area contributed by atoms with Crippen LogP contribution in [0, 0.1) is 24.2 Å². The van der Waals surface area contributed by atoms with Crippen molar-refractivity contribution in [3.05, 3.63) is 35.4 Å². The third kappa shape index (κ3) is 3.83. The Hall–Kier alpha value is -1.84. The van der Waals surface area contributed by atoms with Crippen molar-refractivity contribution in [2.24, 2.45) is 17.3 Å². The molecule has 0 saturated heterocycles. The number of hydrogen-bond acceptors (Lipinski definition) is 2. The molecule has 0 heterocycles. The molecule has 4 aliphatic rings.